The molecule has 2 heterocycles. The highest BCUT2D eigenvalue weighted by Gasteiger charge is 2.30. The van der Waals surface area contributed by atoms with Crippen LogP contribution >= 0.6 is 22.7 Å². The number of rotatable bonds is 9. The molecule has 172 valence electrons. The second kappa shape index (κ2) is 10.9. The maximum atomic E-state index is 12.7. The monoisotopic (exact) mass is 477 g/mol. The first-order valence-corrected chi connectivity index (χ1v) is 12.4. The Hall–Kier alpha value is -2.52. The highest BCUT2D eigenvalue weighted by atomic mass is 32.1. The molecule has 0 spiro atoms. The first-order chi connectivity index (χ1) is 15.3. The van der Waals surface area contributed by atoms with Crippen LogP contribution in [0.25, 0.3) is 0 Å². The van der Waals surface area contributed by atoms with Crippen molar-refractivity contribution in [1.29, 1.82) is 0 Å². The Labute approximate surface area is 195 Å². The van der Waals surface area contributed by atoms with Gasteiger partial charge in [0, 0.05) is 11.3 Å². The van der Waals surface area contributed by atoms with Crippen LogP contribution in [0.4, 0.5) is 5.00 Å². The minimum Gasteiger partial charge on any atom is -0.462 e. The zero-order chi connectivity index (χ0) is 23.3. The summed E-state index contributed by atoms with van der Waals surface area (Å²) in [5.41, 5.74) is 1.35. The van der Waals surface area contributed by atoms with Gasteiger partial charge < -0.3 is 14.8 Å². The topological polar surface area (TPSA) is 98.8 Å². The molecule has 1 N–H and O–H groups in total. The number of anilines is 1. The third-order valence-corrected chi connectivity index (χ3v) is 7.34. The van der Waals surface area contributed by atoms with Crippen LogP contribution in [0, 0.1) is 5.92 Å². The summed E-state index contributed by atoms with van der Waals surface area (Å²) >= 11 is 2.70. The molecule has 2 atom stereocenters. The van der Waals surface area contributed by atoms with E-state index in [0.717, 1.165) is 29.7 Å². The third-order valence-electron chi connectivity index (χ3n) is 5.26. The van der Waals surface area contributed by atoms with Gasteiger partial charge in [0.15, 0.2) is 11.9 Å². The molecule has 2 aromatic heterocycles. The minimum atomic E-state index is -1.06. The summed E-state index contributed by atoms with van der Waals surface area (Å²) in [6.45, 7) is 5.61. The highest BCUT2D eigenvalue weighted by molar-refractivity contribution is 7.17. The van der Waals surface area contributed by atoms with E-state index in [9.17, 15) is 19.2 Å². The second-order valence-electron chi connectivity index (χ2n) is 7.80. The summed E-state index contributed by atoms with van der Waals surface area (Å²) in [7, 11) is 0. The van der Waals surface area contributed by atoms with E-state index in [-0.39, 0.29) is 25.2 Å². The number of esters is 2. The molecular weight excluding hydrogens is 450 g/mol. The SMILES string of the molecule is CCOC(=O)c1c(NC(=O)C(C)OC(=O)CCC(=O)c2cccs2)sc2c1CCC(C)C2. The molecule has 0 saturated carbocycles. The van der Waals surface area contributed by atoms with Gasteiger partial charge in [0.05, 0.1) is 23.5 Å². The number of hydrogen-bond acceptors (Lipinski definition) is 8. The van der Waals surface area contributed by atoms with Gasteiger partial charge in [-0.25, -0.2) is 4.79 Å². The average molecular weight is 478 g/mol. The quantitative estimate of drug-likeness (QED) is 0.417. The van der Waals surface area contributed by atoms with Crippen molar-refractivity contribution in [3.63, 3.8) is 0 Å². The van der Waals surface area contributed by atoms with E-state index in [1.165, 1.54) is 29.6 Å². The van der Waals surface area contributed by atoms with E-state index in [1.807, 2.05) is 0 Å². The molecule has 0 aliphatic heterocycles. The first-order valence-electron chi connectivity index (χ1n) is 10.7. The molecule has 32 heavy (non-hydrogen) atoms. The number of amides is 1. The van der Waals surface area contributed by atoms with Gasteiger partial charge >= 0.3 is 11.9 Å². The standard InChI is InChI=1S/C23H27NO6S2/c1-4-29-23(28)20-15-8-7-13(2)12-18(15)32-22(20)24-21(27)14(3)30-19(26)10-9-16(25)17-6-5-11-31-17/h5-6,11,13-14H,4,7-10,12H2,1-3H3,(H,24,27). The number of ether oxygens (including phenoxy) is 2. The van der Waals surface area contributed by atoms with Crippen molar-refractivity contribution in [3.8, 4) is 0 Å². The molecule has 1 aliphatic carbocycles. The van der Waals surface area contributed by atoms with Crippen molar-refractivity contribution < 1.29 is 28.7 Å². The summed E-state index contributed by atoms with van der Waals surface area (Å²) in [6, 6.07) is 3.48. The maximum absolute atomic E-state index is 12.7. The number of carbonyl (C=O) groups excluding carboxylic acids is 4. The lowest BCUT2D eigenvalue weighted by molar-refractivity contribution is -0.153. The molecule has 0 aromatic carbocycles. The zero-order valence-corrected chi connectivity index (χ0v) is 20.0. The van der Waals surface area contributed by atoms with E-state index >= 15 is 0 Å². The summed E-state index contributed by atoms with van der Waals surface area (Å²) < 4.78 is 10.4. The number of Topliss-reactive ketones (excluding diaryl/α,β-unsaturated/α-hetero) is 1. The Balaban J connectivity index is 1.62. The molecule has 0 saturated heterocycles. The Morgan fingerprint density at radius 1 is 1.25 bits per heavy atom. The summed E-state index contributed by atoms with van der Waals surface area (Å²) in [5, 5.41) is 4.98. The molecular formula is C23H27NO6S2. The first kappa shape index (κ1) is 24.1. The third kappa shape index (κ3) is 5.83. The molecule has 2 aromatic rings. The van der Waals surface area contributed by atoms with Crippen molar-refractivity contribution in [2.24, 2.45) is 5.92 Å². The molecule has 1 amide bonds. The predicted octanol–water partition coefficient (Wildman–Crippen LogP) is 4.64. The lowest BCUT2D eigenvalue weighted by atomic mass is 9.88. The van der Waals surface area contributed by atoms with Crippen LogP contribution in [0.3, 0.4) is 0 Å². The van der Waals surface area contributed by atoms with Gasteiger partial charge in [0.25, 0.3) is 5.91 Å². The predicted molar refractivity (Wildman–Crippen MR) is 124 cm³/mol. The fourth-order valence-electron chi connectivity index (χ4n) is 3.56. The Bertz CT molecular complexity index is 995. The molecule has 1 aliphatic rings. The molecule has 2 unspecified atom stereocenters. The number of carbonyl (C=O) groups is 4. The smallest absolute Gasteiger partial charge is 0.341 e. The number of nitrogens with one attached hydrogen (secondary N) is 1. The minimum absolute atomic E-state index is 0.0243. The molecule has 0 fully saturated rings. The van der Waals surface area contributed by atoms with Gasteiger partial charge in [-0.2, -0.15) is 0 Å². The van der Waals surface area contributed by atoms with Crippen LogP contribution in [-0.2, 0) is 31.9 Å². The van der Waals surface area contributed by atoms with Crippen LogP contribution in [0.15, 0.2) is 17.5 Å². The largest absolute Gasteiger partial charge is 0.462 e. The molecule has 0 bridgehead atoms. The molecule has 9 heteroatoms. The van der Waals surface area contributed by atoms with Gasteiger partial charge in [-0.3, -0.25) is 14.4 Å². The van der Waals surface area contributed by atoms with E-state index in [0.29, 0.717) is 21.4 Å². The summed E-state index contributed by atoms with van der Waals surface area (Å²) in [6.07, 6.45) is 1.45. The average Bonchev–Trinajstić information content (AvgIpc) is 3.39. The fourth-order valence-corrected chi connectivity index (χ4v) is 5.65. The van der Waals surface area contributed by atoms with E-state index in [1.54, 1.807) is 24.4 Å². The van der Waals surface area contributed by atoms with Crippen LogP contribution in [0.2, 0.25) is 0 Å². The summed E-state index contributed by atoms with van der Waals surface area (Å²) in [5.74, 6) is -1.22. The maximum Gasteiger partial charge on any atom is 0.341 e. The van der Waals surface area contributed by atoms with Crippen molar-refractivity contribution in [1.82, 2.24) is 0 Å². The zero-order valence-electron chi connectivity index (χ0n) is 18.4. The van der Waals surface area contributed by atoms with Crippen molar-refractivity contribution in [3.05, 3.63) is 38.4 Å². The summed E-state index contributed by atoms with van der Waals surface area (Å²) in [4.78, 5) is 51.1. The van der Waals surface area contributed by atoms with Gasteiger partial charge in [-0.1, -0.05) is 13.0 Å². The number of fused-ring (bicyclic) bond motifs is 1. The fraction of sp³-hybridized carbons (Fsp3) is 0.478. The Morgan fingerprint density at radius 3 is 2.72 bits per heavy atom. The number of thiophene rings is 2. The van der Waals surface area contributed by atoms with Crippen LogP contribution in [0.1, 0.15) is 70.5 Å². The van der Waals surface area contributed by atoms with Crippen LogP contribution in [-0.4, -0.2) is 36.3 Å². The van der Waals surface area contributed by atoms with Crippen molar-refractivity contribution in [2.75, 3.05) is 11.9 Å². The molecule has 0 radical (unpaired) electrons. The molecule has 7 nitrogen and oxygen atoms in total. The van der Waals surface area contributed by atoms with Crippen molar-refractivity contribution >= 4 is 51.3 Å². The second-order valence-corrected chi connectivity index (χ2v) is 9.85. The Morgan fingerprint density at radius 2 is 2.03 bits per heavy atom. The van der Waals surface area contributed by atoms with Gasteiger partial charge in [0.1, 0.15) is 5.00 Å². The molecule has 3 rings (SSSR count). The van der Waals surface area contributed by atoms with Gasteiger partial charge in [-0.05, 0) is 56.0 Å². The normalized spacial score (nSPS) is 16.0. The Kier molecular flexibility index (Phi) is 8.20. The van der Waals surface area contributed by atoms with Crippen LogP contribution in [0.5, 0.6) is 0 Å². The lowest BCUT2D eigenvalue weighted by Crippen LogP contribution is -2.30. The number of hydrogen-bond donors (Lipinski definition) is 1. The van der Waals surface area contributed by atoms with E-state index in [2.05, 4.69) is 12.2 Å². The van der Waals surface area contributed by atoms with Gasteiger partial charge in [-0.15, -0.1) is 22.7 Å². The van der Waals surface area contributed by atoms with Gasteiger partial charge in [0.2, 0.25) is 0 Å². The van der Waals surface area contributed by atoms with Crippen molar-refractivity contribution in [2.45, 2.75) is 59.0 Å². The van der Waals surface area contributed by atoms with Crippen LogP contribution < -0.4 is 5.32 Å². The highest BCUT2D eigenvalue weighted by Crippen LogP contribution is 2.40. The number of ketones is 1. The lowest BCUT2D eigenvalue weighted by Gasteiger charge is -2.18. The van der Waals surface area contributed by atoms with E-state index < -0.39 is 23.9 Å². The van der Waals surface area contributed by atoms with E-state index in [4.69, 9.17) is 9.47 Å².